The number of amides is 1. The molecule has 1 aromatic heterocycles. The predicted molar refractivity (Wildman–Crippen MR) is 55.1 cm³/mol. The first kappa shape index (κ1) is 10.0. The Morgan fingerprint density at radius 1 is 1.71 bits per heavy atom. The minimum Gasteiger partial charge on any atom is -0.342 e. The Morgan fingerprint density at radius 3 is 3.21 bits per heavy atom. The Morgan fingerprint density at radius 2 is 2.57 bits per heavy atom. The van der Waals surface area contributed by atoms with Gasteiger partial charge in [-0.25, -0.2) is 0 Å². The van der Waals surface area contributed by atoms with Crippen LogP contribution in [0.1, 0.15) is 5.56 Å². The number of carbonyl (C=O) groups excluding carboxylic acids is 1. The molecule has 0 aliphatic rings. The molecule has 0 aliphatic carbocycles. The first-order valence-electron chi connectivity index (χ1n) is 4.12. The van der Waals surface area contributed by atoms with Crippen molar-refractivity contribution >= 4 is 12.0 Å². The molecular weight excluding hydrogens is 176 g/mol. The molecule has 0 saturated carbocycles. The maximum absolute atomic E-state index is 11.1. The standard InChI is InChI=1S/C11H10N2O/c1-2-7-13-11(14)6-5-10-4-3-8-12-9-10/h1,3-6,8-9H,7H2,(H,13,14)/b6-5-. The molecule has 0 spiro atoms. The van der Waals surface area contributed by atoms with E-state index >= 15 is 0 Å². The Bertz CT molecular complexity index is 363. The number of hydrogen-bond acceptors (Lipinski definition) is 2. The summed E-state index contributed by atoms with van der Waals surface area (Å²) in [6.45, 7) is 0.246. The zero-order valence-corrected chi connectivity index (χ0v) is 7.60. The Balaban J connectivity index is 2.49. The molecule has 70 valence electrons. The minimum atomic E-state index is -0.202. The van der Waals surface area contributed by atoms with Gasteiger partial charge in [-0.2, -0.15) is 0 Å². The molecule has 0 saturated heterocycles. The number of rotatable bonds is 3. The van der Waals surface area contributed by atoms with E-state index in [-0.39, 0.29) is 12.5 Å². The number of nitrogens with zero attached hydrogens (tertiary/aromatic N) is 1. The molecule has 0 bridgehead atoms. The molecule has 3 nitrogen and oxygen atoms in total. The van der Waals surface area contributed by atoms with E-state index in [9.17, 15) is 4.79 Å². The summed E-state index contributed by atoms with van der Waals surface area (Å²) in [6.07, 6.45) is 11.4. The van der Waals surface area contributed by atoms with E-state index in [1.165, 1.54) is 6.08 Å². The van der Waals surface area contributed by atoms with Gasteiger partial charge in [-0.15, -0.1) is 6.42 Å². The van der Waals surface area contributed by atoms with Crippen molar-refractivity contribution in [2.45, 2.75) is 0 Å². The summed E-state index contributed by atoms with van der Waals surface area (Å²) in [5, 5.41) is 2.52. The monoisotopic (exact) mass is 186 g/mol. The van der Waals surface area contributed by atoms with Crippen molar-refractivity contribution in [3.63, 3.8) is 0 Å². The van der Waals surface area contributed by atoms with Crippen molar-refractivity contribution in [3.8, 4) is 12.3 Å². The second-order valence-corrected chi connectivity index (χ2v) is 2.54. The third-order valence-corrected chi connectivity index (χ3v) is 1.48. The number of hydrogen-bond donors (Lipinski definition) is 1. The molecule has 14 heavy (non-hydrogen) atoms. The van der Waals surface area contributed by atoms with Crippen LogP contribution in [0, 0.1) is 12.3 Å². The lowest BCUT2D eigenvalue weighted by atomic mass is 10.2. The maximum atomic E-state index is 11.1. The first-order valence-corrected chi connectivity index (χ1v) is 4.12. The Labute approximate surface area is 82.9 Å². The van der Waals surface area contributed by atoms with Crippen LogP contribution in [0.15, 0.2) is 30.6 Å². The second-order valence-electron chi connectivity index (χ2n) is 2.54. The van der Waals surface area contributed by atoms with Crippen LogP contribution >= 0.6 is 0 Å². The van der Waals surface area contributed by atoms with Crippen molar-refractivity contribution in [2.24, 2.45) is 0 Å². The largest absolute Gasteiger partial charge is 0.342 e. The van der Waals surface area contributed by atoms with Crippen molar-refractivity contribution < 1.29 is 4.79 Å². The molecule has 1 heterocycles. The van der Waals surface area contributed by atoms with Crippen LogP contribution in [0.2, 0.25) is 0 Å². The van der Waals surface area contributed by atoms with Gasteiger partial charge in [0.05, 0.1) is 6.54 Å². The van der Waals surface area contributed by atoms with E-state index < -0.39 is 0 Å². The molecule has 0 radical (unpaired) electrons. The lowest BCUT2D eigenvalue weighted by molar-refractivity contribution is -0.116. The lowest BCUT2D eigenvalue weighted by Crippen LogP contribution is -2.20. The molecule has 0 aromatic carbocycles. The highest BCUT2D eigenvalue weighted by Crippen LogP contribution is 1.97. The molecule has 1 amide bonds. The highest BCUT2D eigenvalue weighted by Gasteiger charge is 1.91. The Hall–Kier alpha value is -2.08. The Kier molecular flexibility index (Phi) is 3.96. The topological polar surface area (TPSA) is 42.0 Å². The highest BCUT2D eigenvalue weighted by molar-refractivity contribution is 5.91. The van der Waals surface area contributed by atoms with Gasteiger partial charge in [-0.1, -0.05) is 12.0 Å². The second kappa shape index (κ2) is 5.55. The average molecular weight is 186 g/mol. The fourth-order valence-electron chi connectivity index (χ4n) is 0.844. The molecule has 0 fully saturated rings. The maximum Gasteiger partial charge on any atom is 0.244 e. The summed E-state index contributed by atoms with van der Waals surface area (Å²) < 4.78 is 0. The van der Waals surface area contributed by atoms with Crippen LogP contribution in [0.3, 0.4) is 0 Å². The molecule has 1 aromatic rings. The summed E-state index contributed by atoms with van der Waals surface area (Å²) in [4.78, 5) is 15.0. The van der Waals surface area contributed by atoms with E-state index in [0.717, 1.165) is 5.56 Å². The van der Waals surface area contributed by atoms with Gasteiger partial charge in [0.1, 0.15) is 0 Å². The fourth-order valence-corrected chi connectivity index (χ4v) is 0.844. The number of pyridine rings is 1. The average Bonchev–Trinajstić information content (AvgIpc) is 2.25. The van der Waals surface area contributed by atoms with Crippen molar-refractivity contribution in [2.75, 3.05) is 6.54 Å². The van der Waals surface area contributed by atoms with Gasteiger partial charge >= 0.3 is 0 Å². The van der Waals surface area contributed by atoms with Crippen LogP contribution in [-0.2, 0) is 4.79 Å². The molecule has 0 aliphatic heterocycles. The minimum absolute atomic E-state index is 0.202. The molecule has 1 rings (SSSR count). The summed E-state index contributed by atoms with van der Waals surface area (Å²) in [5.41, 5.74) is 0.878. The lowest BCUT2D eigenvalue weighted by Gasteiger charge is -1.94. The number of nitrogens with one attached hydrogen (secondary N) is 1. The van der Waals surface area contributed by atoms with E-state index in [2.05, 4.69) is 16.2 Å². The van der Waals surface area contributed by atoms with Crippen LogP contribution in [0.5, 0.6) is 0 Å². The summed E-state index contributed by atoms with van der Waals surface area (Å²) >= 11 is 0. The molecular formula is C11H10N2O. The van der Waals surface area contributed by atoms with Crippen LogP contribution in [-0.4, -0.2) is 17.4 Å². The van der Waals surface area contributed by atoms with Gasteiger partial charge < -0.3 is 5.32 Å². The first-order chi connectivity index (χ1) is 6.83. The van der Waals surface area contributed by atoms with Gasteiger partial charge in [0, 0.05) is 18.5 Å². The highest BCUT2D eigenvalue weighted by atomic mass is 16.1. The number of carbonyl (C=O) groups is 1. The van der Waals surface area contributed by atoms with Crippen LogP contribution < -0.4 is 5.32 Å². The van der Waals surface area contributed by atoms with Gasteiger partial charge in [0.15, 0.2) is 0 Å². The zero-order valence-electron chi connectivity index (χ0n) is 7.60. The van der Waals surface area contributed by atoms with Crippen molar-refractivity contribution in [1.82, 2.24) is 10.3 Å². The normalized spacial score (nSPS) is 9.64. The van der Waals surface area contributed by atoms with Gasteiger partial charge in [-0.05, 0) is 17.7 Å². The van der Waals surface area contributed by atoms with E-state index in [4.69, 9.17) is 6.42 Å². The van der Waals surface area contributed by atoms with E-state index in [1.807, 2.05) is 6.07 Å². The SMILES string of the molecule is C#CCNC(=O)/C=C\c1cccnc1. The van der Waals surface area contributed by atoms with Gasteiger partial charge in [-0.3, -0.25) is 9.78 Å². The van der Waals surface area contributed by atoms with Gasteiger partial charge in [0.2, 0.25) is 5.91 Å². The summed E-state index contributed by atoms with van der Waals surface area (Å²) in [6, 6.07) is 3.66. The van der Waals surface area contributed by atoms with Crippen LogP contribution in [0.25, 0.3) is 6.08 Å². The third-order valence-electron chi connectivity index (χ3n) is 1.48. The smallest absolute Gasteiger partial charge is 0.244 e. The molecule has 1 N–H and O–H groups in total. The quantitative estimate of drug-likeness (QED) is 0.561. The fraction of sp³-hybridized carbons (Fsp3) is 0.0909. The predicted octanol–water partition coefficient (Wildman–Crippen LogP) is 0.844. The van der Waals surface area contributed by atoms with E-state index in [0.29, 0.717) is 0 Å². The summed E-state index contributed by atoms with van der Waals surface area (Å²) in [5.74, 6) is 2.12. The number of terminal acetylenes is 1. The molecule has 0 atom stereocenters. The molecule has 0 unspecified atom stereocenters. The van der Waals surface area contributed by atoms with Crippen molar-refractivity contribution in [3.05, 3.63) is 36.2 Å². The summed E-state index contributed by atoms with van der Waals surface area (Å²) in [7, 11) is 0. The van der Waals surface area contributed by atoms with Crippen molar-refractivity contribution in [1.29, 1.82) is 0 Å². The molecule has 3 heteroatoms. The van der Waals surface area contributed by atoms with E-state index in [1.54, 1.807) is 24.5 Å². The van der Waals surface area contributed by atoms with Crippen LogP contribution in [0.4, 0.5) is 0 Å². The zero-order chi connectivity index (χ0) is 10.2. The third kappa shape index (κ3) is 3.55. The number of aromatic nitrogens is 1. The van der Waals surface area contributed by atoms with Gasteiger partial charge in [0.25, 0.3) is 0 Å².